The summed E-state index contributed by atoms with van der Waals surface area (Å²) in [5.41, 5.74) is 5.36. The number of benzene rings is 1. The van der Waals surface area contributed by atoms with E-state index in [1.54, 1.807) is 25.1 Å². The molecule has 18 heavy (non-hydrogen) atoms. The number of hydrogen-bond donors (Lipinski definition) is 2. The predicted octanol–water partition coefficient (Wildman–Crippen LogP) is -0.145. The van der Waals surface area contributed by atoms with Crippen LogP contribution < -0.4 is 10.5 Å². The largest absolute Gasteiger partial charge is 0.465 e. The number of esters is 1. The van der Waals surface area contributed by atoms with Gasteiger partial charge in [0.2, 0.25) is 10.0 Å². The monoisotopic (exact) mass is 272 g/mol. The molecule has 0 fully saturated rings. The summed E-state index contributed by atoms with van der Waals surface area (Å²) in [6.45, 7) is 1.64. The maximum Gasteiger partial charge on any atom is 0.325 e. The van der Waals surface area contributed by atoms with Gasteiger partial charge in [0.05, 0.1) is 11.5 Å². The van der Waals surface area contributed by atoms with Gasteiger partial charge in [0.1, 0.15) is 6.04 Å². The first-order chi connectivity index (χ1) is 8.51. The van der Waals surface area contributed by atoms with Gasteiger partial charge in [-0.3, -0.25) is 4.79 Å². The van der Waals surface area contributed by atoms with E-state index >= 15 is 0 Å². The van der Waals surface area contributed by atoms with Crippen molar-refractivity contribution in [3.05, 3.63) is 30.3 Å². The van der Waals surface area contributed by atoms with Crippen LogP contribution in [0.15, 0.2) is 35.2 Å². The lowest BCUT2D eigenvalue weighted by Crippen LogP contribution is -2.46. The van der Waals surface area contributed by atoms with E-state index in [1.165, 1.54) is 12.1 Å². The molecule has 0 heterocycles. The van der Waals surface area contributed by atoms with Crippen LogP contribution in [0.5, 0.6) is 0 Å². The Morgan fingerprint density at radius 3 is 2.50 bits per heavy atom. The SMILES string of the molecule is CCOC(=O)C(CN)NS(=O)(=O)c1ccccc1. The summed E-state index contributed by atoms with van der Waals surface area (Å²) in [5, 5.41) is 0. The molecule has 0 spiro atoms. The third-order valence-electron chi connectivity index (χ3n) is 2.16. The van der Waals surface area contributed by atoms with Crippen molar-refractivity contribution in [3.8, 4) is 0 Å². The van der Waals surface area contributed by atoms with Gasteiger partial charge in [-0.1, -0.05) is 18.2 Å². The number of ether oxygens (including phenoxy) is 1. The van der Waals surface area contributed by atoms with Crippen LogP contribution in [0.2, 0.25) is 0 Å². The highest BCUT2D eigenvalue weighted by Gasteiger charge is 2.25. The first-order valence-electron chi connectivity index (χ1n) is 5.45. The number of carbonyl (C=O) groups excluding carboxylic acids is 1. The average molecular weight is 272 g/mol. The summed E-state index contributed by atoms with van der Waals surface area (Å²) in [6, 6.07) is 6.68. The quantitative estimate of drug-likeness (QED) is 0.702. The van der Waals surface area contributed by atoms with E-state index in [1.807, 2.05) is 0 Å². The molecule has 0 bridgehead atoms. The Morgan fingerprint density at radius 2 is 2.00 bits per heavy atom. The minimum absolute atomic E-state index is 0.0766. The van der Waals surface area contributed by atoms with Gasteiger partial charge in [-0.2, -0.15) is 4.72 Å². The van der Waals surface area contributed by atoms with Gasteiger partial charge in [-0.05, 0) is 19.1 Å². The van der Waals surface area contributed by atoms with Crippen molar-refractivity contribution in [2.75, 3.05) is 13.2 Å². The van der Waals surface area contributed by atoms with Crippen LogP contribution in [0.4, 0.5) is 0 Å². The molecule has 0 aliphatic rings. The topological polar surface area (TPSA) is 98.5 Å². The Bertz CT molecular complexity index is 487. The van der Waals surface area contributed by atoms with Crippen molar-refractivity contribution in [2.45, 2.75) is 17.9 Å². The zero-order valence-electron chi connectivity index (χ0n) is 10.00. The highest BCUT2D eigenvalue weighted by atomic mass is 32.2. The lowest BCUT2D eigenvalue weighted by atomic mass is 10.3. The Balaban J connectivity index is 2.85. The fraction of sp³-hybridized carbons (Fsp3) is 0.364. The van der Waals surface area contributed by atoms with Gasteiger partial charge >= 0.3 is 5.97 Å². The van der Waals surface area contributed by atoms with Gasteiger partial charge in [0.15, 0.2) is 0 Å². The van der Waals surface area contributed by atoms with Crippen LogP contribution in [0.3, 0.4) is 0 Å². The van der Waals surface area contributed by atoms with Gasteiger partial charge < -0.3 is 10.5 Å². The molecule has 0 aromatic heterocycles. The number of rotatable bonds is 6. The number of nitrogens with one attached hydrogen (secondary N) is 1. The molecule has 6 nitrogen and oxygen atoms in total. The van der Waals surface area contributed by atoms with E-state index in [9.17, 15) is 13.2 Å². The second-order valence-electron chi connectivity index (χ2n) is 3.47. The lowest BCUT2D eigenvalue weighted by Gasteiger charge is -2.15. The zero-order chi connectivity index (χ0) is 13.6. The van der Waals surface area contributed by atoms with Crippen LogP contribution >= 0.6 is 0 Å². The molecule has 1 atom stereocenters. The molecular weight excluding hydrogens is 256 g/mol. The lowest BCUT2D eigenvalue weighted by molar-refractivity contribution is -0.144. The normalized spacial score (nSPS) is 13.0. The third-order valence-corrected chi connectivity index (χ3v) is 3.65. The van der Waals surface area contributed by atoms with Gasteiger partial charge in [-0.15, -0.1) is 0 Å². The number of sulfonamides is 1. The molecule has 100 valence electrons. The summed E-state index contributed by atoms with van der Waals surface area (Å²) >= 11 is 0. The summed E-state index contributed by atoms with van der Waals surface area (Å²) < 4.78 is 30.8. The predicted molar refractivity (Wildman–Crippen MR) is 66.2 cm³/mol. The number of hydrogen-bond acceptors (Lipinski definition) is 5. The van der Waals surface area contributed by atoms with E-state index in [0.29, 0.717) is 0 Å². The van der Waals surface area contributed by atoms with Crippen molar-refractivity contribution < 1.29 is 17.9 Å². The van der Waals surface area contributed by atoms with Crippen molar-refractivity contribution >= 4 is 16.0 Å². The van der Waals surface area contributed by atoms with E-state index in [0.717, 1.165) is 0 Å². The molecule has 1 aromatic rings. The minimum atomic E-state index is -3.77. The maximum absolute atomic E-state index is 11.9. The Hall–Kier alpha value is -1.44. The smallest absolute Gasteiger partial charge is 0.325 e. The summed E-state index contributed by atoms with van der Waals surface area (Å²) in [5.74, 6) is -0.681. The number of nitrogens with two attached hydrogens (primary N) is 1. The van der Waals surface area contributed by atoms with Crippen LogP contribution in [-0.2, 0) is 19.6 Å². The second kappa shape index (κ2) is 6.48. The Labute approximate surface area is 106 Å². The van der Waals surface area contributed by atoms with Crippen LogP contribution in [0, 0.1) is 0 Å². The maximum atomic E-state index is 11.9. The van der Waals surface area contributed by atoms with Crippen LogP contribution in [0.25, 0.3) is 0 Å². The Kier molecular flexibility index (Phi) is 5.26. The van der Waals surface area contributed by atoms with E-state index in [2.05, 4.69) is 4.72 Å². The summed E-state index contributed by atoms with van der Waals surface area (Å²) in [7, 11) is -3.77. The fourth-order valence-electron chi connectivity index (χ4n) is 1.29. The van der Waals surface area contributed by atoms with Crippen molar-refractivity contribution in [1.82, 2.24) is 4.72 Å². The number of carbonyl (C=O) groups is 1. The molecular formula is C11H16N2O4S. The Morgan fingerprint density at radius 1 is 1.39 bits per heavy atom. The van der Waals surface area contributed by atoms with Crippen molar-refractivity contribution in [2.24, 2.45) is 5.73 Å². The van der Waals surface area contributed by atoms with Crippen molar-refractivity contribution in [3.63, 3.8) is 0 Å². The highest BCUT2D eigenvalue weighted by Crippen LogP contribution is 2.08. The average Bonchev–Trinajstić information content (AvgIpc) is 2.37. The highest BCUT2D eigenvalue weighted by molar-refractivity contribution is 7.89. The first kappa shape index (κ1) is 14.6. The fourth-order valence-corrected chi connectivity index (χ4v) is 2.51. The van der Waals surface area contributed by atoms with Crippen LogP contribution in [-0.4, -0.2) is 33.6 Å². The molecule has 1 aromatic carbocycles. The first-order valence-corrected chi connectivity index (χ1v) is 6.93. The summed E-state index contributed by atoms with van der Waals surface area (Å²) in [4.78, 5) is 11.5. The molecule has 0 saturated heterocycles. The molecule has 0 radical (unpaired) electrons. The summed E-state index contributed by atoms with van der Waals surface area (Å²) in [6.07, 6.45) is 0. The zero-order valence-corrected chi connectivity index (χ0v) is 10.8. The molecule has 1 rings (SSSR count). The molecule has 0 saturated carbocycles. The van der Waals surface area contributed by atoms with Gasteiger partial charge in [-0.25, -0.2) is 8.42 Å². The van der Waals surface area contributed by atoms with Crippen molar-refractivity contribution in [1.29, 1.82) is 0 Å². The molecule has 7 heteroatoms. The van der Waals surface area contributed by atoms with E-state index < -0.39 is 22.0 Å². The van der Waals surface area contributed by atoms with Gasteiger partial charge in [0.25, 0.3) is 0 Å². The molecule has 1 unspecified atom stereocenters. The molecule has 0 amide bonds. The van der Waals surface area contributed by atoms with Crippen LogP contribution in [0.1, 0.15) is 6.92 Å². The minimum Gasteiger partial charge on any atom is -0.465 e. The van der Waals surface area contributed by atoms with E-state index in [-0.39, 0.29) is 18.0 Å². The standard InChI is InChI=1S/C11H16N2O4S/c1-2-17-11(14)10(8-12)13-18(15,16)9-6-4-3-5-7-9/h3-7,10,13H,2,8,12H2,1H3. The molecule has 0 aliphatic carbocycles. The molecule has 0 aliphatic heterocycles. The van der Waals surface area contributed by atoms with E-state index in [4.69, 9.17) is 10.5 Å². The van der Waals surface area contributed by atoms with Gasteiger partial charge in [0, 0.05) is 6.54 Å². The third kappa shape index (κ3) is 3.80. The second-order valence-corrected chi connectivity index (χ2v) is 5.19. The molecule has 3 N–H and O–H groups in total.